The number of sulfonamides is 1. The highest BCUT2D eigenvalue weighted by atomic mass is 32.2. The van der Waals surface area contributed by atoms with Gasteiger partial charge < -0.3 is 10.1 Å². The maximum absolute atomic E-state index is 12.7. The number of amides is 1. The summed E-state index contributed by atoms with van der Waals surface area (Å²) in [6, 6.07) is 12.5. The lowest BCUT2D eigenvalue weighted by Crippen LogP contribution is -2.20. The van der Waals surface area contributed by atoms with Crippen LogP contribution in [0.15, 0.2) is 47.4 Å². The van der Waals surface area contributed by atoms with Gasteiger partial charge >= 0.3 is 0 Å². The molecule has 0 aliphatic heterocycles. The lowest BCUT2D eigenvalue weighted by Gasteiger charge is -2.10. The van der Waals surface area contributed by atoms with Crippen molar-refractivity contribution in [2.45, 2.75) is 32.3 Å². The Bertz CT molecular complexity index is 1170. The van der Waals surface area contributed by atoms with Crippen LogP contribution < -0.4 is 14.8 Å². The first kappa shape index (κ1) is 21.9. The number of nitrogens with one attached hydrogen (secondary N) is 2. The second-order valence-corrected chi connectivity index (χ2v) is 9.70. The van der Waals surface area contributed by atoms with Gasteiger partial charge in [0.15, 0.2) is 0 Å². The lowest BCUT2D eigenvalue weighted by molar-refractivity contribution is 0.102. The highest BCUT2D eigenvalue weighted by Gasteiger charge is 2.19. The van der Waals surface area contributed by atoms with E-state index in [1.807, 2.05) is 31.2 Å². The van der Waals surface area contributed by atoms with Crippen molar-refractivity contribution in [1.82, 2.24) is 9.71 Å². The number of carbonyl (C=O) groups is 1. The molecule has 2 aromatic carbocycles. The van der Waals surface area contributed by atoms with E-state index >= 15 is 0 Å². The van der Waals surface area contributed by atoms with Gasteiger partial charge in [-0.2, -0.15) is 0 Å². The first-order valence-electron chi connectivity index (χ1n) is 9.21. The van der Waals surface area contributed by atoms with Gasteiger partial charge in [0.1, 0.15) is 22.2 Å². The standard InChI is InChI=1S/C21H23N3O4S2/c1-13-5-9-17(10-6-13)28-12-19-23-15(3)20(29-19)21(25)24-16-8-7-14(2)18(11-16)30(26,27)22-4/h5-11,22H,12H2,1-4H3,(H,24,25). The maximum Gasteiger partial charge on any atom is 0.267 e. The van der Waals surface area contributed by atoms with E-state index in [9.17, 15) is 13.2 Å². The molecular weight excluding hydrogens is 422 g/mol. The van der Waals surface area contributed by atoms with Crippen LogP contribution in [0.3, 0.4) is 0 Å². The zero-order valence-electron chi connectivity index (χ0n) is 17.1. The van der Waals surface area contributed by atoms with Gasteiger partial charge in [-0.1, -0.05) is 23.8 Å². The summed E-state index contributed by atoms with van der Waals surface area (Å²) in [5.74, 6) is 0.389. The summed E-state index contributed by atoms with van der Waals surface area (Å²) >= 11 is 1.25. The average Bonchev–Trinajstić information content (AvgIpc) is 3.09. The Hall–Kier alpha value is -2.75. The molecule has 0 spiro atoms. The summed E-state index contributed by atoms with van der Waals surface area (Å²) in [7, 11) is -2.27. The van der Waals surface area contributed by atoms with Gasteiger partial charge in [0.25, 0.3) is 5.91 Å². The number of benzene rings is 2. The smallest absolute Gasteiger partial charge is 0.267 e. The molecule has 0 aliphatic rings. The normalized spacial score (nSPS) is 11.3. The molecule has 7 nitrogen and oxygen atoms in total. The van der Waals surface area contributed by atoms with Gasteiger partial charge in [0, 0.05) is 5.69 Å². The molecule has 1 aromatic heterocycles. The molecule has 30 heavy (non-hydrogen) atoms. The quantitative estimate of drug-likeness (QED) is 0.576. The number of anilines is 1. The molecule has 1 amide bonds. The summed E-state index contributed by atoms with van der Waals surface area (Å²) in [5, 5.41) is 3.44. The van der Waals surface area contributed by atoms with Crippen molar-refractivity contribution in [3.63, 3.8) is 0 Å². The summed E-state index contributed by atoms with van der Waals surface area (Å²) in [5.41, 5.74) is 2.72. The minimum absolute atomic E-state index is 0.121. The van der Waals surface area contributed by atoms with Crippen LogP contribution in [0.4, 0.5) is 5.69 Å². The summed E-state index contributed by atoms with van der Waals surface area (Å²) in [6.07, 6.45) is 0. The number of nitrogens with zero attached hydrogens (tertiary/aromatic N) is 1. The molecule has 1 heterocycles. The molecule has 9 heteroatoms. The van der Waals surface area contributed by atoms with Crippen LogP contribution in [0.2, 0.25) is 0 Å². The van der Waals surface area contributed by atoms with E-state index in [0.29, 0.717) is 26.8 Å². The predicted octanol–water partition coefficient (Wildman–Crippen LogP) is 3.81. The fourth-order valence-electron chi connectivity index (χ4n) is 2.77. The molecule has 158 valence electrons. The van der Waals surface area contributed by atoms with E-state index < -0.39 is 10.0 Å². The zero-order chi connectivity index (χ0) is 21.9. The van der Waals surface area contributed by atoms with Gasteiger partial charge in [-0.05, 0) is 57.6 Å². The van der Waals surface area contributed by atoms with E-state index in [2.05, 4.69) is 15.0 Å². The van der Waals surface area contributed by atoms with Crippen LogP contribution >= 0.6 is 11.3 Å². The van der Waals surface area contributed by atoms with E-state index in [0.717, 1.165) is 11.3 Å². The number of aryl methyl sites for hydroxylation is 3. The number of hydrogen-bond donors (Lipinski definition) is 2. The summed E-state index contributed by atoms with van der Waals surface area (Å²) in [6.45, 7) is 5.72. The van der Waals surface area contributed by atoms with E-state index in [4.69, 9.17) is 4.74 Å². The van der Waals surface area contributed by atoms with Crippen molar-refractivity contribution in [3.8, 4) is 5.75 Å². The fraction of sp³-hybridized carbons (Fsp3) is 0.238. The Labute approximate surface area is 180 Å². The highest BCUT2D eigenvalue weighted by Crippen LogP contribution is 2.24. The Kier molecular flexibility index (Phi) is 6.55. The van der Waals surface area contributed by atoms with Gasteiger partial charge in [0.05, 0.1) is 10.6 Å². The predicted molar refractivity (Wildman–Crippen MR) is 118 cm³/mol. The number of thiazole rings is 1. The molecule has 3 aromatic rings. The average molecular weight is 446 g/mol. The summed E-state index contributed by atoms with van der Waals surface area (Å²) < 4.78 is 32.3. The fourth-order valence-corrected chi connectivity index (χ4v) is 4.64. The number of hydrogen-bond acceptors (Lipinski definition) is 6. The topological polar surface area (TPSA) is 97.4 Å². The Balaban J connectivity index is 1.73. The SMILES string of the molecule is CNS(=O)(=O)c1cc(NC(=O)c2sc(COc3ccc(C)cc3)nc2C)ccc1C. The van der Waals surface area contributed by atoms with Crippen LogP contribution in [0, 0.1) is 20.8 Å². The molecular formula is C21H23N3O4S2. The molecule has 0 aliphatic carbocycles. The van der Waals surface area contributed by atoms with Crippen molar-refractivity contribution < 1.29 is 17.9 Å². The van der Waals surface area contributed by atoms with Crippen LogP contribution in [0.1, 0.15) is 31.5 Å². The Morgan fingerprint density at radius 3 is 2.47 bits per heavy atom. The van der Waals surface area contributed by atoms with Crippen LogP contribution in [0.25, 0.3) is 0 Å². The second-order valence-electron chi connectivity index (χ2n) is 6.77. The molecule has 2 N–H and O–H groups in total. The van der Waals surface area contributed by atoms with Crippen molar-refractivity contribution in [1.29, 1.82) is 0 Å². The highest BCUT2D eigenvalue weighted by molar-refractivity contribution is 7.89. The number of rotatable bonds is 7. The van der Waals surface area contributed by atoms with Crippen LogP contribution in [0.5, 0.6) is 5.75 Å². The Morgan fingerprint density at radius 1 is 1.10 bits per heavy atom. The molecule has 0 saturated heterocycles. The van der Waals surface area contributed by atoms with Crippen molar-refractivity contribution in [2.75, 3.05) is 12.4 Å². The monoisotopic (exact) mass is 445 g/mol. The molecule has 0 unspecified atom stereocenters. The summed E-state index contributed by atoms with van der Waals surface area (Å²) in [4.78, 5) is 17.7. The van der Waals surface area contributed by atoms with Crippen molar-refractivity contribution in [3.05, 3.63) is 69.2 Å². The minimum Gasteiger partial charge on any atom is -0.486 e. The minimum atomic E-state index is -3.62. The Morgan fingerprint density at radius 2 is 1.80 bits per heavy atom. The van der Waals surface area contributed by atoms with Crippen LogP contribution in [-0.4, -0.2) is 26.4 Å². The third kappa shape index (κ3) is 5.05. The lowest BCUT2D eigenvalue weighted by atomic mass is 10.2. The number of carbonyl (C=O) groups excluding carboxylic acids is 1. The van der Waals surface area contributed by atoms with E-state index in [1.54, 1.807) is 26.0 Å². The van der Waals surface area contributed by atoms with Crippen molar-refractivity contribution in [2.24, 2.45) is 0 Å². The molecule has 0 atom stereocenters. The van der Waals surface area contributed by atoms with E-state index in [1.165, 1.54) is 24.5 Å². The molecule has 0 fully saturated rings. The third-order valence-corrected chi connectivity index (χ3v) is 7.12. The van der Waals surface area contributed by atoms with Gasteiger partial charge in [0.2, 0.25) is 10.0 Å². The van der Waals surface area contributed by atoms with E-state index in [-0.39, 0.29) is 17.4 Å². The number of aromatic nitrogens is 1. The van der Waals surface area contributed by atoms with Crippen LogP contribution in [-0.2, 0) is 16.6 Å². The van der Waals surface area contributed by atoms with Gasteiger partial charge in [-0.15, -0.1) is 11.3 Å². The molecule has 3 rings (SSSR count). The first-order valence-corrected chi connectivity index (χ1v) is 11.5. The molecule has 0 bridgehead atoms. The third-order valence-electron chi connectivity index (χ3n) is 4.43. The zero-order valence-corrected chi connectivity index (χ0v) is 18.8. The second kappa shape index (κ2) is 8.95. The largest absolute Gasteiger partial charge is 0.486 e. The van der Waals surface area contributed by atoms with Crippen molar-refractivity contribution >= 4 is 33.0 Å². The number of ether oxygens (including phenoxy) is 1. The molecule has 0 saturated carbocycles. The molecule has 0 radical (unpaired) electrons. The maximum atomic E-state index is 12.7. The first-order chi connectivity index (χ1) is 14.2. The van der Waals surface area contributed by atoms with Gasteiger partial charge in [-0.3, -0.25) is 4.79 Å². The van der Waals surface area contributed by atoms with Gasteiger partial charge in [-0.25, -0.2) is 18.1 Å².